The van der Waals surface area contributed by atoms with Gasteiger partial charge in [0.15, 0.2) is 0 Å². The van der Waals surface area contributed by atoms with Crippen molar-refractivity contribution >= 4 is 33.7 Å². The number of aryl methyl sites for hydroxylation is 2. The number of aromatic nitrogens is 5. The maximum atomic E-state index is 13.6. The van der Waals surface area contributed by atoms with Crippen LogP contribution in [0.25, 0.3) is 38.8 Å². The van der Waals surface area contributed by atoms with Gasteiger partial charge in [-0.25, -0.2) is 9.59 Å². The number of rotatable bonds is 2. The van der Waals surface area contributed by atoms with Crippen LogP contribution in [-0.4, -0.2) is 42.1 Å². The number of hydrogen-bond donors (Lipinski definition) is 0. The Bertz CT molecular complexity index is 1770. The van der Waals surface area contributed by atoms with Crippen LogP contribution in [0.1, 0.15) is 26.3 Å². The van der Waals surface area contributed by atoms with Crippen molar-refractivity contribution in [3.05, 3.63) is 71.0 Å². The molecule has 0 bridgehead atoms. The molecule has 0 saturated carbocycles. The predicted octanol–water partition coefficient (Wildman–Crippen LogP) is 4.58. The Kier molecular flexibility index (Phi) is 5.01. The second-order valence-electron chi connectivity index (χ2n) is 10.5. The van der Waals surface area contributed by atoms with Gasteiger partial charge in [-0.05, 0) is 62.6 Å². The minimum absolute atomic E-state index is 0.183. The summed E-state index contributed by atoms with van der Waals surface area (Å²) in [5, 5.41) is 5.16. The molecule has 4 heterocycles. The molecule has 0 aliphatic carbocycles. The number of fused-ring (bicyclic) bond motifs is 4. The minimum atomic E-state index is -0.595. The number of ether oxygens (including phenoxy) is 1. The molecule has 0 radical (unpaired) electrons. The van der Waals surface area contributed by atoms with Crippen LogP contribution in [0.5, 0.6) is 0 Å². The van der Waals surface area contributed by atoms with Crippen LogP contribution in [0.4, 0.5) is 10.5 Å². The van der Waals surface area contributed by atoms with Crippen molar-refractivity contribution in [3.8, 4) is 16.8 Å². The van der Waals surface area contributed by atoms with Gasteiger partial charge in [-0.15, -0.1) is 0 Å². The van der Waals surface area contributed by atoms with E-state index in [1.807, 2.05) is 70.5 Å². The van der Waals surface area contributed by atoms with E-state index in [1.165, 1.54) is 0 Å². The molecule has 0 spiro atoms. The van der Waals surface area contributed by atoms with E-state index >= 15 is 0 Å². The van der Waals surface area contributed by atoms with Gasteiger partial charge in [-0.1, -0.05) is 12.1 Å². The standard InChI is InChI=1S/C28H28N6O3/c1-28(2,3)37-27(36)33-11-10-17-6-8-20(13-23(17)33)34-25-21-12-18(19-14-30-31(4)16-19)7-9-22(21)29-15-24(25)32(5)26(34)35/h6-9,12-16H,10-11H2,1-5H3. The van der Waals surface area contributed by atoms with E-state index in [9.17, 15) is 9.59 Å². The Labute approximate surface area is 213 Å². The first-order chi connectivity index (χ1) is 17.6. The second kappa shape index (κ2) is 8.06. The highest BCUT2D eigenvalue weighted by Crippen LogP contribution is 2.34. The number of nitrogens with zero attached hydrogens (tertiary/aromatic N) is 6. The molecule has 0 unspecified atom stereocenters. The lowest BCUT2D eigenvalue weighted by atomic mass is 10.1. The van der Waals surface area contributed by atoms with Crippen molar-refractivity contribution in [3.63, 3.8) is 0 Å². The highest BCUT2D eigenvalue weighted by atomic mass is 16.6. The third kappa shape index (κ3) is 3.78. The van der Waals surface area contributed by atoms with Crippen molar-refractivity contribution in [1.82, 2.24) is 23.9 Å². The molecule has 188 valence electrons. The van der Waals surface area contributed by atoms with Crippen molar-refractivity contribution in [2.24, 2.45) is 14.1 Å². The van der Waals surface area contributed by atoms with Crippen molar-refractivity contribution in [1.29, 1.82) is 0 Å². The third-order valence-electron chi connectivity index (χ3n) is 6.76. The number of anilines is 1. The highest BCUT2D eigenvalue weighted by molar-refractivity contribution is 6.04. The predicted molar refractivity (Wildman–Crippen MR) is 143 cm³/mol. The fourth-order valence-electron chi connectivity index (χ4n) is 5.00. The van der Waals surface area contributed by atoms with Gasteiger partial charge in [0.05, 0.1) is 40.3 Å². The van der Waals surface area contributed by atoms with E-state index in [0.717, 1.165) is 50.7 Å². The van der Waals surface area contributed by atoms with Crippen LogP contribution in [0.15, 0.2) is 59.8 Å². The summed E-state index contributed by atoms with van der Waals surface area (Å²) in [6.07, 6.45) is 5.86. The second-order valence-corrected chi connectivity index (χ2v) is 10.5. The van der Waals surface area contributed by atoms with Gasteiger partial charge < -0.3 is 4.74 Å². The number of carbonyl (C=O) groups excluding carboxylic acids is 1. The van der Waals surface area contributed by atoms with Gasteiger partial charge in [0, 0.05) is 37.8 Å². The van der Waals surface area contributed by atoms with Crippen LogP contribution < -0.4 is 10.6 Å². The highest BCUT2D eigenvalue weighted by Gasteiger charge is 2.30. The van der Waals surface area contributed by atoms with Gasteiger partial charge in [-0.3, -0.25) is 23.7 Å². The van der Waals surface area contributed by atoms with E-state index in [2.05, 4.69) is 16.1 Å². The normalized spacial score (nSPS) is 13.5. The van der Waals surface area contributed by atoms with Crippen molar-refractivity contribution < 1.29 is 9.53 Å². The van der Waals surface area contributed by atoms with Gasteiger partial charge >= 0.3 is 11.8 Å². The van der Waals surface area contributed by atoms with E-state index in [4.69, 9.17) is 4.74 Å². The van der Waals surface area contributed by atoms with Crippen molar-refractivity contribution in [2.75, 3.05) is 11.4 Å². The lowest BCUT2D eigenvalue weighted by Gasteiger charge is -2.25. The van der Waals surface area contributed by atoms with Gasteiger partial charge in [0.1, 0.15) is 5.60 Å². The van der Waals surface area contributed by atoms with E-state index < -0.39 is 5.60 Å². The van der Waals surface area contributed by atoms with E-state index in [-0.39, 0.29) is 11.8 Å². The number of imidazole rings is 1. The molecule has 1 aliphatic heterocycles. The molecular weight excluding hydrogens is 468 g/mol. The molecule has 0 N–H and O–H groups in total. The molecule has 9 nitrogen and oxygen atoms in total. The SMILES string of the molecule is Cn1cc(-c2ccc3ncc4c(c3c2)n(-c2ccc3c(c2)N(C(=O)OC(C)(C)C)CC3)c(=O)n4C)cn1. The average Bonchev–Trinajstić information content (AvgIpc) is 3.54. The molecule has 1 amide bonds. The Morgan fingerprint density at radius 2 is 1.84 bits per heavy atom. The topological polar surface area (TPSA) is 87.2 Å². The molecule has 3 aromatic heterocycles. The number of hydrogen-bond acceptors (Lipinski definition) is 5. The van der Waals surface area contributed by atoms with Crippen LogP contribution in [0.2, 0.25) is 0 Å². The molecule has 0 fully saturated rings. The maximum Gasteiger partial charge on any atom is 0.414 e. The first kappa shape index (κ1) is 23.0. The number of carbonyl (C=O) groups is 1. The van der Waals surface area contributed by atoms with Crippen LogP contribution in [0.3, 0.4) is 0 Å². The van der Waals surface area contributed by atoms with Crippen LogP contribution in [-0.2, 0) is 25.3 Å². The third-order valence-corrected chi connectivity index (χ3v) is 6.76. The van der Waals surface area contributed by atoms with Crippen molar-refractivity contribution in [2.45, 2.75) is 32.8 Å². The van der Waals surface area contributed by atoms with Gasteiger partial charge in [-0.2, -0.15) is 5.10 Å². The first-order valence-electron chi connectivity index (χ1n) is 12.2. The Morgan fingerprint density at radius 3 is 2.57 bits per heavy atom. The number of benzene rings is 2. The Hall–Kier alpha value is -4.40. The zero-order valence-electron chi connectivity index (χ0n) is 21.5. The first-order valence-corrected chi connectivity index (χ1v) is 12.2. The lowest BCUT2D eigenvalue weighted by molar-refractivity contribution is 0.0584. The fraction of sp³-hybridized carbons (Fsp3) is 0.286. The summed E-state index contributed by atoms with van der Waals surface area (Å²) < 4.78 is 10.7. The summed E-state index contributed by atoms with van der Waals surface area (Å²) >= 11 is 0. The summed E-state index contributed by atoms with van der Waals surface area (Å²) in [5.41, 5.74) is 5.98. The molecule has 37 heavy (non-hydrogen) atoms. The molecule has 0 atom stereocenters. The molecule has 9 heteroatoms. The summed E-state index contributed by atoms with van der Waals surface area (Å²) in [7, 11) is 3.63. The molecule has 6 rings (SSSR count). The van der Waals surface area contributed by atoms with Gasteiger partial charge in [0.25, 0.3) is 0 Å². The Balaban J connectivity index is 1.55. The minimum Gasteiger partial charge on any atom is -0.443 e. The summed E-state index contributed by atoms with van der Waals surface area (Å²) in [6.45, 7) is 6.10. The number of pyridine rings is 1. The molecule has 1 aliphatic rings. The van der Waals surface area contributed by atoms with Crippen LogP contribution >= 0.6 is 0 Å². The van der Waals surface area contributed by atoms with Gasteiger partial charge in [0.2, 0.25) is 0 Å². The monoisotopic (exact) mass is 496 g/mol. The fourth-order valence-corrected chi connectivity index (χ4v) is 5.00. The molecule has 0 saturated heterocycles. The smallest absolute Gasteiger partial charge is 0.414 e. The average molecular weight is 497 g/mol. The van der Waals surface area contributed by atoms with E-state index in [0.29, 0.717) is 12.2 Å². The summed E-state index contributed by atoms with van der Waals surface area (Å²) in [6, 6.07) is 11.9. The number of amides is 1. The van der Waals surface area contributed by atoms with Crippen LogP contribution in [0, 0.1) is 0 Å². The molecule has 2 aromatic carbocycles. The summed E-state index contributed by atoms with van der Waals surface area (Å²) in [5.74, 6) is 0. The largest absolute Gasteiger partial charge is 0.443 e. The zero-order valence-corrected chi connectivity index (χ0v) is 21.5. The maximum absolute atomic E-state index is 13.6. The summed E-state index contributed by atoms with van der Waals surface area (Å²) in [4.78, 5) is 32.8. The lowest BCUT2D eigenvalue weighted by Crippen LogP contribution is -2.35. The quantitative estimate of drug-likeness (QED) is 0.357. The zero-order chi connectivity index (χ0) is 26.1. The van der Waals surface area contributed by atoms with E-state index in [1.54, 1.807) is 32.0 Å². The molecular formula is C28H28N6O3. The Morgan fingerprint density at radius 1 is 1.03 bits per heavy atom. The molecule has 5 aromatic rings.